The Balaban J connectivity index is 1.32. The van der Waals surface area contributed by atoms with Crippen LogP contribution in [0.4, 0.5) is 17.6 Å². The highest BCUT2D eigenvalue weighted by Crippen LogP contribution is 2.28. The maximum Gasteiger partial charge on any atom is 0.573 e. The molecule has 7 nitrogen and oxygen atoms in total. The number of hydrogen-bond acceptors (Lipinski definition) is 6. The van der Waals surface area contributed by atoms with Gasteiger partial charge in [0.2, 0.25) is 17.6 Å². The number of nitrogens with zero attached hydrogens (tertiary/aromatic N) is 3. The molecule has 1 unspecified atom stereocenters. The van der Waals surface area contributed by atoms with Gasteiger partial charge in [0.15, 0.2) is 0 Å². The third-order valence-electron chi connectivity index (χ3n) is 5.42. The van der Waals surface area contributed by atoms with Crippen LogP contribution in [0.3, 0.4) is 0 Å². The molecule has 1 fully saturated rings. The number of rotatable bonds is 7. The number of amides is 1. The Morgan fingerprint density at radius 1 is 1.21 bits per heavy atom. The average Bonchev–Trinajstić information content (AvgIpc) is 3.28. The topological polar surface area (TPSA) is 80.5 Å². The van der Waals surface area contributed by atoms with Crippen molar-refractivity contribution in [2.45, 2.75) is 31.7 Å². The molecule has 0 bridgehead atoms. The molecular weight excluding hydrogens is 456 g/mol. The van der Waals surface area contributed by atoms with Crippen molar-refractivity contribution in [1.82, 2.24) is 20.4 Å². The van der Waals surface area contributed by atoms with Gasteiger partial charge in [-0.2, -0.15) is 4.98 Å². The van der Waals surface area contributed by atoms with Crippen LogP contribution in [0.15, 0.2) is 53.1 Å². The number of carbonyl (C=O) groups excluding carboxylic acids is 1. The monoisotopic (exact) mass is 478 g/mol. The predicted molar refractivity (Wildman–Crippen MR) is 113 cm³/mol. The molecule has 1 amide bonds. The standard InChI is InChI=1S/C23H22F4N4O3/c24-18-8-3-6-15(11-18)21-29-22(34-30-21)17-7-4-10-31(13-17)14-20(32)28-12-16-5-1-2-9-19(16)33-23(25,26)27/h1-3,5-6,8-9,11,17H,4,7,10,12-14H2,(H,28,32). The first-order chi connectivity index (χ1) is 16.3. The summed E-state index contributed by atoms with van der Waals surface area (Å²) in [4.78, 5) is 18.8. The maximum absolute atomic E-state index is 13.5. The number of nitrogens with one attached hydrogen (secondary N) is 1. The molecule has 4 rings (SSSR count). The summed E-state index contributed by atoms with van der Waals surface area (Å²) in [6.07, 6.45) is -3.21. The van der Waals surface area contributed by atoms with Gasteiger partial charge in [-0.25, -0.2) is 4.39 Å². The predicted octanol–water partition coefficient (Wildman–Crippen LogP) is 4.27. The molecule has 1 saturated heterocycles. The van der Waals surface area contributed by atoms with Gasteiger partial charge in [0.05, 0.1) is 12.5 Å². The lowest BCUT2D eigenvalue weighted by atomic mass is 9.98. The Labute approximate surface area is 192 Å². The Kier molecular flexibility index (Phi) is 7.11. The fourth-order valence-electron chi connectivity index (χ4n) is 3.87. The van der Waals surface area contributed by atoms with Crippen LogP contribution in [-0.4, -0.2) is 46.9 Å². The Bertz CT molecular complexity index is 1140. The van der Waals surface area contributed by atoms with Crippen molar-refractivity contribution in [3.63, 3.8) is 0 Å². The molecule has 2 heterocycles. The molecule has 0 radical (unpaired) electrons. The first kappa shape index (κ1) is 23.7. The lowest BCUT2D eigenvalue weighted by Crippen LogP contribution is -2.41. The second-order valence-electron chi connectivity index (χ2n) is 7.97. The van der Waals surface area contributed by atoms with Crippen molar-refractivity contribution >= 4 is 5.91 Å². The lowest BCUT2D eigenvalue weighted by Gasteiger charge is -2.30. The minimum Gasteiger partial charge on any atom is -0.405 e. The molecular formula is C23H22F4N4O3. The summed E-state index contributed by atoms with van der Waals surface area (Å²) < 4.78 is 60.6. The molecule has 1 aromatic heterocycles. The molecule has 1 aliphatic heterocycles. The number of carbonyl (C=O) groups is 1. The van der Waals surface area contributed by atoms with Gasteiger partial charge in [-0.05, 0) is 37.6 Å². The molecule has 0 aliphatic carbocycles. The van der Waals surface area contributed by atoms with Crippen molar-refractivity contribution in [2.75, 3.05) is 19.6 Å². The number of benzene rings is 2. The van der Waals surface area contributed by atoms with Gasteiger partial charge in [0.25, 0.3) is 0 Å². The highest BCUT2D eigenvalue weighted by Gasteiger charge is 2.32. The van der Waals surface area contributed by atoms with Crippen LogP contribution in [-0.2, 0) is 11.3 Å². The minimum atomic E-state index is -4.81. The van der Waals surface area contributed by atoms with Gasteiger partial charge in [-0.15, -0.1) is 13.2 Å². The first-order valence-electron chi connectivity index (χ1n) is 10.7. The van der Waals surface area contributed by atoms with E-state index < -0.39 is 12.2 Å². The summed E-state index contributed by atoms with van der Waals surface area (Å²) in [6.45, 7) is 1.17. The van der Waals surface area contributed by atoms with Crippen LogP contribution in [0.5, 0.6) is 5.75 Å². The number of alkyl halides is 3. The summed E-state index contributed by atoms with van der Waals surface area (Å²) in [7, 11) is 0. The van der Waals surface area contributed by atoms with Crippen molar-refractivity contribution in [3.8, 4) is 17.1 Å². The van der Waals surface area contributed by atoms with E-state index in [1.807, 2.05) is 4.90 Å². The van der Waals surface area contributed by atoms with Crippen LogP contribution in [0, 0.1) is 5.82 Å². The molecule has 1 N–H and O–H groups in total. The van der Waals surface area contributed by atoms with E-state index in [4.69, 9.17) is 4.52 Å². The number of para-hydroxylation sites is 1. The molecule has 3 aromatic rings. The third-order valence-corrected chi connectivity index (χ3v) is 5.42. The van der Waals surface area contributed by atoms with Crippen molar-refractivity contribution < 1.29 is 31.6 Å². The fourth-order valence-corrected chi connectivity index (χ4v) is 3.87. The third kappa shape index (κ3) is 6.31. The number of piperidine rings is 1. The SMILES string of the molecule is O=C(CN1CCCC(c2nc(-c3cccc(F)c3)no2)C1)NCc1ccccc1OC(F)(F)F. The van der Waals surface area contributed by atoms with Crippen molar-refractivity contribution in [2.24, 2.45) is 0 Å². The molecule has 0 spiro atoms. The van der Waals surface area contributed by atoms with Crippen molar-refractivity contribution in [3.05, 3.63) is 65.8 Å². The van der Waals surface area contributed by atoms with Crippen LogP contribution >= 0.6 is 0 Å². The van der Waals surface area contributed by atoms with E-state index in [-0.39, 0.29) is 36.2 Å². The van der Waals surface area contributed by atoms with E-state index >= 15 is 0 Å². The van der Waals surface area contributed by atoms with E-state index in [1.165, 1.54) is 30.3 Å². The highest BCUT2D eigenvalue weighted by molar-refractivity contribution is 5.78. The summed E-state index contributed by atoms with van der Waals surface area (Å²) in [6, 6.07) is 11.6. The molecule has 0 saturated carbocycles. The van der Waals surface area contributed by atoms with Gasteiger partial charge in [-0.1, -0.05) is 35.5 Å². The number of hydrogen-bond donors (Lipinski definition) is 1. The quantitative estimate of drug-likeness (QED) is 0.511. The summed E-state index contributed by atoms with van der Waals surface area (Å²) in [5, 5.41) is 6.59. The van der Waals surface area contributed by atoms with Crippen LogP contribution in [0.25, 0.3) is 11.4 Å². The average molecular weight is 478 g/mol. The minimum absolute atomic E-state index is 0.0731. The molecule has 1 atom stereocenters. The Morgan fingerprint density at radius 3 is 2.82 bits per heavy atom. The second kappa shape index (κ2) is 10.2. The summed E-state index contributed by atoms with van der Waals surface area (Å²) >= 11 is 0. The van der Waals surface area contributed by atoms with Gasteiger partial charge in [0, 0.05) is 24.2 Å². The van der Waals surface area contributed by atoms with Gasteiger partial charge >= 0.3 is 6.36 Å². The van der Waals surface area contributed by atoms with Gasteiger partial charge in [0.1, 0.15) is 11.6 Å². The molecule has 34 heavy (non-hydrogen) atoms. The lowest BCUT2D eigenvalue weighted by molar-refractivity contribution is -0.274. The van der Waals surface area contributed by atoms with Crippen LogP contribution < -0.4 is 10.1 Å². The first-order valence-corrected chi connectivity index (χ1v) is 10.7. The maximum atomic E-state index is 13.5. The fraction of sp³-hybridized carbons (Fsp3) is 0.348. The number of likely N-dealkylation sites (tertiary alicyclic amines) is 1. The number of aromatic nitrogens is 2. The van der Waals surface area contributed by atoms with Gasteiger partial charge < -0.3 is 14.6 Å². The van der Waals surface area contributed by atoms with Gasteiger partial charge in [-0.3, -0.25) is 9.69 Å². The van der Waals surface area contributed by atoms with Crippen LogP contribution in [0.2, 0.25) is 0 Å². The van der Waals surface area contributed by atoms with E-state index in [9.17, 15) is 22.4 Å². The molecule has 180 valence electrons. The smallest absolute Gasteiger partial charge is 0.405 e. The van der Waals surface area contributed by atoms with E-state index in [0.29, 0.717) is 30.4 Å². The molecule has 1 aliphatic rings. The Hall–Kier alpha value is -3.47. The number of ether oxygens (including phenoxy) is 1. The van der Waals surface area contributed by atoms with Crippen molar-refractivity contribution in [1.29, 1.82) is 0 Å². The number of halogens is 4. The van der Waals surface area contributed by atoms with Crippen LogP contribution in [0.1, 0.15) is 30.2 Å². The zero-order chi connectivity index (χ0) is 24.1. The zero-order valence-electron chi connectivity index (χ0n) is 18.0. The second-order valence-corrected chi connectivity index (χ2v) is 7.97. The normalized spacial score (nSPS) is 16.9. The largest absolute Gasteiger partial charge is 0.573 e. The zero-order valence-corrected chi connectivity index (χ0v) is 18.0. The summed E-state index contributed by atoms with van der Waals surface area (Å²) in [5.74, 6) is -0.442. The van der Waals surface area contributed by atoms with E-state index in [1.54, 1.807) is 18.2 Å². The summed E-state index contributed by atoms with van der Waals surface area (Å²) in [5.41, 5.74) is 0.734. The highest BCUT2D eigenvalue weighted by atomic mass is 19.4. The molecule has 2 aromatic carbocycles. The van der Waals surface area contributed by atoms with E-state index in [2.05, 4.69) is 20.2 Å². The molecule has 11 heteroatoms. The van der Waals surface area contributed by atoms with E-state index in [0.717, 1.165) is 12.8 Å². The Morgan fingerprint density at radius 2 is 2.03 bits per heavy atom.